The number of hydrogen-bond acceptors (Lipinski definition) is 5. The van der Waals surface area contributed by atoms with E-state index in [0.29, 0.717) is 37.6 Å². The van der Waals surface area contributed by atoms with Crippen molar-refractivity contribution in [1.82, 2.24) is 0 Å². The van der Waals surface area contributed by atoms with Crippen molar-refractivity contribution in [3.8, 4) is 6.07 Å². The molecule has 2 aromatic carbocycles. The summed E-state index contributed by atoms with van der Waals surface area (Å²) in [5.41, 5.74) is -0.874. The molecule has 2 fully saturated rings. The highest BCUT2D eigenvalue weighted by molar-refractivity contribution is 7.92. The second kappa shape index (κ2) is 8.83. The number of halogens is 3. The lowest BCUT2D eigenvalue weighted by atomic mass is 9.98. The normalized spacial score (nSPS) is 17.3. The Balaban J connectivity index is 1.75. The molecule has 0 unspecified atom stereocenters. The van der Waals surface area contributed by atoms with Crippen LogP contribution in [-0.2, 0) is 16.2 Å². The standard InChI is InChI=1S/C23H22F3N3O4S/c24-23(25,26)17-4-6-20(29-9-7-14(13-27)8-10-29)19(12-17)28-34(32,33)21-11-16(15-1-2-15)3-5-18(21)22(30)31/h3-6,11-12,14-15,28H,1-2,7-10H2,(H,30,31). The van der Waals surface area contributed by atoms with Gasteiger partial charge in [-0.1, -0.05) is 6.07 Å². The predicted octanol–water partition coefficient (Wildman–Crippen LogP) is 4.82. The van der Waals surface area contributed by atoms with Gasteiger partial charge in [0.25, 0.3) is 10.0 Å². The fraction of sp³-hybridized carbons (Fsp3) is 0.391. The van der Waals surface area contributed by atoms with Crippen LogP contribution in [0, 0.1) is 17.2 Å². The Bertz CT molecular complexity index is 1260. The molecule has 2 aliphatic rings. The number of nitriles is 1. The van der Waals surface area contributed by atoms with E-state index >= 15 is 0 Å². The molecule has 1 saturated heterocycles. The molecule has 0 spiro atoms. The van der Waals surface area contributed by atoms with E-state index in [-0.39, 0.29) is 23.2 Å². The number of anilines is 2. The van der Waals surface area contributed by atoms with E-state index in [2.05, 4.69) is 10.8 Å². The van der Waals surface area contributed by atoms with E-state index < -0.39 is 38.2 Å². The number of nitrogens with zero attached hydrogens (tertiary/aromatic N) is 2. The number of rotatable bonds is 6. The van der Waals surface area contributed by atoms with Crippen LogP contribution in [0.3, 0.4) is 0 Å². The number of carboxylic acids is 1. The Hall–Kier alpha value is -3.26. The number of sulfonamides is 1. The Labute approximate surface area is 194 Å². The molecular weight excluding hydrogens is 471 g/mol. The van der Waals surface area contributed by atoms with E-state index in [9.17, 15) is 31.5 Å². The van der Waals surface area contributed by atoms with Crippen molar-refractivity contribution in [3.05, 3.63) is 53.1 Å². The van der Waals surface area contributed by atoms with E-state index in [4.69, 9.17) is 5.26 Å². The first-order valence-corrected chi connectivity index (χ1v) is 12.2. The van der Waals surface area contributed by atoms with Crippen LogP contribution in [0.4, 0.5) is 24.5 Å². The smallest absolute Gasteiger partial charge is 0.416 e. The van der Waals surface area contributed by atoms with Crippen LogP contribution < -0.4 is 9.62 Å². The molecule has 11 heteroatoms. The largest absolute Gasteiger partial charge is 0.478 e. The quantitative estimate of drug-likeness (QED) is 0.597. The minimum Gasteiger partial charge on any atom is -0.478 e. The molecule has 0 aromatic heterocycles. The average molecular weight is 494 g/mol. The second-order valence-electron chi connectivity index (χ2n) is 8.56. The minimum absolute atomic E-state index is 0.141. The first kappa shape index (κ1) is 23.9. The molecule has 1 aliphatic heterocycles. The number of alkyl halides is 3. The Kier molecular flexibility index (Phi) is 6.20. The molecule has 1 heterocycles. The molecule has 0 radical (unpaired) electrons. The Morgan fingerprint density at radius 3 is 2.32 bits per heavy atom. The molecule has 0 amide bonds. The average Bonchev–Trinajstić information content (AvgIpc) is 3.63. The summed E-state index contributed by atoms with van der Waals surface area (Å²) in [5.74, 6) is -1.48. The first-order valence-electron chi connectivity index (χ1n) is 10.8. The van der Waals surface area contributed by atoms with Crippen LogP contribution >= 0.6 is 0 Å². The highest BCUT2D eigenvalue weighted by Crippen LogP contribution is 2.42. The lowest BCUT2D eigenvalue weighted by molar-refractivity contribution is -0.137. The number of piperidine rings is 1. The summed E-state index contributed by atoms with van der Waals surface area (Å²) in [5, 5.41) is 18.6. The number of nitrogens with one attached hydrogen (secondary N) is 1. The molecule has 7 nitrogen and oxygen atoms in total. The van der Waals surface area contributed by atoms with Gasteiger partial charge in [0.05, 0.1) is 28.6 Å². The fourth-order valence-corrected chi connectivity index (χ4v) is 5.43. The van der Waals surface area contributed by atoms with Gasteiger partial charge in [0.2, 0.25) is 0 Å². The number of aromatic carboxylic acids is 1. The third-order valence-electron chi connectivity index (χ3n) is 6.16. The molecule has 0 bridgehead atoms. The van der Waals surface area contributed by atoms with Gasteiger partial charge in [-0.25, -0.2) is 13.2 Å². The summed E-state index contributed by atoms with van der Waals surface area (Å²) in [4.78, 5) is 12.9. The Morgan fingerprint density at radius 2 is 1.76 bits per heavy atom. The van der Waals surface area contributed by atoms with Crippen molar-refractivity contribution in [1.29, 1.82) is 5.26 Å². The van der Waals surface area contributed by atoms with Crippen LogP contribution in [0.1, 0.15) is 53.1 Å². The molecule has 180 valence electrons. The lowest BCUT2D eigenvalue weighted by Gasteiger charge is -2.33. The van der Waals surface area contributed by atoms with E-state index in [0.717, 1.165) is 18.9 Å². The van der Waals surface area contributed by atoms with Crippen LogP contribution in [0.5, 0.6) is 0 Å². The van der Waals surface area contributed by atoms with Gasteiger partial charge in [0.15, 0.2) is 0 Å². The minimum atomic E-state index is -4.70. The van der Waals surface area contributed by atoms with Gasteiger partial charge in [0, 0.05) is 19.0 Å². The summed E-state index contributed by atoms with van der Waals surface area (Å²) in [7, 11) is -4.53. The van der Waals surface area contributed by atoms with Crippen LogP contribution in [0.2, 0.25) is 0 Å². The van der Waals surface area contributed by atoms with Crippen molar-refractivity contribution in [3.63, 3.8) is 0 Å². The SMILES string of the molecule is N#CC1CCN(c2ccc(C(F)(F)F)cc2NS(=O)(=O)c2cc(C3CC3)ccc2C(=O)O)CC1. The molecule has 1 saturated carbocycles. The van der Waals surface area contributed by atoms with E-state index in [1.807, 2.05) is 0 Å². The molecule has 2 aromatic rings. The maximum Gasteiger partial charge on any atom is 0.416 e. The lowest BCUT2D eigenvalue weighted by Crippen LogP contribution is -2.34. The Morgan fingerprint density at radius 1 is 1.09 bits per heavy atom. The zero-order valence-electron chi connectivity index (χ0n) is 18.0. The zero-order valence-corrected chi connectivity index (χ0v) is 18.8. The van der Waals surface area contributed by atoms with E-state index in [1.165, 1.54) is 18.2 Å². The van der Waals surface area contributed by atoms with Crippen molar-refractivity contribution < 1.29 is 31.5 Å². The highest BCUT2D eigenvalue weighted by Gasteiger charge is 2.34. The molecule has 1 aliphatic carbocycles. The monoisotopic (exact) mass is 493 g/mol. The highest BCUT2D eigenvalue weighted by atomic mass is 32.2. The summed E-state index contributed by atoms with van der Waals surface area (Å²) in [6.45, 7) is 0.742. The number of benzene rings is 2. The van der Waals surface area contributed by atoms with Crippen LogP contribution in [0.15, 0.2) is 41.3 Å². The summed E-state index contributed by atoms with van der Waals surface area (Å²) >= 11 is 0. The van der Waals surface area contributed by atoms with Crippen molar-refractivity contribution >= 4 is 27.4 Å². The van der Waals surface area contributed by atoms with Crippen molar-refractivity contribution in [2.75, 3.05) is 22.7 Å². The van der Waals surface area contributed by atoms with Gasteiger partial charge >= 0.3 is 12.1 Å². The third-order valence-corrected chi connectivity index (χ3v) is 7.57. The van der Waals surface area contributed by atoms with Gasteiger partial charge in [-0.3, -0.25) is 4.72 Å². The molecule has 0 atom stereocenters. The predicted molar refractivity (Wildman–Crippen MR) is 118 cm³/mol. The fourth-order valence-electron chi connectivity index (χ4n) is 4.13. The summed E-state index contributed by atoms with van der Waals surface area (Å²) in [6, 6.07) is 9.03. The number of carbonyl (C=O) groups is 1. The summed E-state index contributed by atoms with van der Waals surface area (Å²) < 4.78 is 69.0. The van der Waals surface area contributed by atoms with Gasteiger partial charge in [-0.2, -0.15) is 18.4 Å². The van der Waals surface area contributed by atoms with Crippen molar-refractivity contribution in [2.45, 2.75) is 42.7 Å². The van der Waals surface area contributed by atoms with Crippen LogP contribution in [0.25, 0.3) is 0 Å². The third kappa shape index (κ3) is 4.97. The molecular formula is C23H22F3N3O4S. The maximum absolute atomic E-state index is 13.4. The molecule has 2 N–H and O–H groups in total. The van der Waals surface area contributed by atoms with Gasteiger partial charge in [0.1, 0.15) is 4.90 Å². The number of hydrogen-bond donors (Lipinski definition) is 2. The molecule has 4 rings (SSSR count). The van der Waals surface area contributed by atoms with E-state index in [1.54, 1.807) is 11.0 Å². The second-order valence-corrected chi connectivity index (χ2v) is 10.2. The zero-order chi connectivity index (χ0) is 24.7. The van der Waals surface area contributed by atoms with Gasteiger partial charge in [-0.05, 0) is 67.5 Å². The number of carboxylic acid groups (broad SMARTS) is 1. The maximum atomic E-state index is 13.4. The molecule has 34 heavy (non-hydrogen) atoms. The topological polar surface area (TPSA) is 111 Å². The van der Waals surface area contributed by atoms with Gasteiger partial charge in [-0.15, -0.1) is 0 Å². The first-order chi connectivity index (χ1) is 16.0. The van der Waals surface area contributed by atoms with Gasteiger partial charge < -0.3 is 10.0 Å². The summed E-state index contributed by atoms with van der Waals surface area (Å²) in [6.07, 6.45) is -2.00. The van der Waals surface area contributed by atoms with Crippen molar-refractivity contribution in [2.24, 2.45) is 5.92 Å². The van der Waals surface area contributed by atoms with Crippen LogP contribution in [-0.4, -0.2) is 32.6 Å².